The van der Waals surface area contributed by atoms with E-state index >= 15 is 0 Å². The highest BCUT2D eigenvalue weighted by atomic mass is 16.6. The van der Waals surface area contributed by atoms with Gasteiger partial charge in [-0.15, -0.1) is 0 Å². The van der Waals surface area contributed by atoms with Gasteiger partial charge >= 0.3 is 6.09 Å². The first-order valence-corrected chi connectivity index (χ1v) is 14.0. The Morgan fingerprint density at radius 2 is 1.53 bits per heavy atom. The molecule has 0 bridgehead atoms. The Morgan fingerprint density at radius 3 is 2.21 bits per heavy atom. The van der Waals surface area contributed by atoms with Crippen LogP contribution in [0.1, 0.15) is 68.2 Å². The van der Waals surface area contributed by atoms with Gasteiger partial charge in [0.15, 0.2) is 0 Å². The molecule has 0 N–H and O–H groups in total. The van der Waals surface area contributed by atoms with Gasteiger partial charge in [-0.2, -0.15) is 0 Å². The predicted octanol–water partition coefficient (Wildman–Crippen LogP) is 7.61. The van der Waals surface area contributed by atoms with Crippen LogP contribution in [0.2, 0.25) is 0 Å². The van der Waals surface area contributed by atoms with Crippen molar-refractivity contribution >= 4 is 18.2 Å². The van der Waals surface area contributed by atoms with Crippen LogP contribution in [0.25, 0.3) is 12.2 Å². The van der Waals surface area contributed by atoms with E-state index in [9.17, 15) is 4.79 Å². The first-order chi connectivity index (χ1) is 18.4. The lowest BCUT2D eigenvalue weighted by Gasteiger charge is -2.39. The molecule has 38 heavy (non-hydrogen) atoms. The minimum Gasteiger partial charge on any atom is -0.444 e. The summed E-state index contributed by atoms with van der Waals surface area (Å²) in [6.07, 6.45) is 7.17. The highest BCUT2D eigenvalue weighted by molar-refractivity contribution is 5.70. The van der Waals surface area contributed by atoms with E-state index in [2.05, 4.69) is 101 Å². The zero-order valence-electron chi connectivity index (χ0n) is 22.9. The van der Waals surface area contributed by atoms with Crippen molar-refractivity contribution in [3.05, 3.63) is 107 Å². The van der Waals surface area contributed by atoms with Crippen molar-refractivity contribution < 1.29 is 9.53 Å². The van der Waals surface area contributed by atoms with Gasteiger partial charge in [0.2, 0.25) is 0 Å². The number of nitrogens with zero attached hydrogens (tertiary/aromatic N) is 2. The number of hydrogen-bond donors (Lipinski definition) is 0. The molecule has 0 unspecified atom stereocenters. The number of likely N-dealkylation sites (tertiary alicyclic amines) is 1. The van der Waals surface area contributed by atoms with E-state index in [1.54, 1.807) is 0 Å². The normalized spacial score (nSPS) is 20.4. The van der Waals surface area contributed by atoms with Crippen LogP contribution >= 0.6 is 0 Å². The number of carbonyl (C=O) groups excluding carboxylic acids is 1. The van der Waals surface area contributed by atoms with E-state index in [0.29, 0.717) is 5.92 Å². The minimum atomic E-state index is -0.493. The van der Waals surface area contributed by atoms with Gasteiger partial charge in [-0.25, -0.2) is 4.79 Å². The molecule has 1 heterocycles. The van der Waals surface area contributed by atoms with Crippen LogP contribution in [0.3, 0.4) is 0 Å². The molecule has 2 fully saturated rings. The number of benzene rings is 3. The van der Waals surface area contributed by atoms with Crippen molar-refractivity contribution in [3.63, 3.8) is 0 Å². The Hall–Kier alpha value is -3.37. The molecule has 4 nitrogen and oxygen atoms in total. The predicted molar refractivity (Wildman–Crippen MR) is 156 cm³/mol. The number of piperidine rings is 1. The summed E-state index contributed by atoms with van der Waals surface area (Å²) in [5.74, 6) is 0.411. The minimum absolute atomic E-state index is 0.155. The van der Waals surface area contributed by atoms with Crippen molar-refractivity contribution in [2.75, 3.05) is 13.1 Å². The van der Waals surface area contributed by atoms with Gasteiger partial charge in [0, 0.05) is 37.6 Å². The van der Waals surface area contributed by atoms with Crippen LogP contribution in [0.15, 0.2) is 84.9 Å². The molecule has 4 heteroatoms. The maximum atomic E-state index is 13.4. The van der Waals surface area contributed by atoms with E-state index in [1.807, 2.05) is 26.8 Å². The summed E-state index contributed by atoms with van der Waals surface area (Å²) in [6, 6.07) is 30.3. The van der Waals surface area contributed by atoms with Crippen molar-refractivity contribution in [2.24, 2.45) is 0 Å². The second kappa shape index (κ2) is 11.6. The fraction of sp³-hybridized carbons (Fsp3) is 0.382. The maximum Gasteiger partial charge on any atom is 0.410 e. The van der Waals surface area contributed by atoms with Gasteiger partial charge in [-0.05, 0) is 62.3 Å². The quantitative estimate of drug-likeness (QED) is 0.308. The lowest BCUT2D eigenvalue weighted by atomic mass is 10.0. The lowest BCUT2D eigenvalue weighted by molar-refractivity contribution is 0.00488. The van der Waals surface area contributed by atoms with Gasteiger partial charge in [0.05, 0.1) is 0 Å². The van der Waals surface area contributed by atoms with Gasteiger partial charge < -0.3 is 9.64 Å². The average Bonchev–Trinajstić information content (AvgIpc) is 3.69. The average molecular weight is 509 g/mol. The molecule has 0 spiro atoms. The summed E-state index contributed by atoms with van der Waals surface area (Å²) >= 11 is 0. The van der Waals surface area contributed by atoms with Gasteiger partial charge in [-0.3, -0.25) is 4.90 Å². The summed E-state index contributed by atoms with van der Waals surface area (Å²) in [5, 5.41) is 0. The van der Waals surface area contributed by atoms with Crippen molar-refractivity contribution in [1.29, 1.82) is 0 Å². The molecule has 2 atom stereocenters. The molecule has 2 aliphatic rings. The lowest BCUT2D eigenvalue weighted by Crippen LogP contribution is -2.50. The number of ether oxygens (including phenoxy) is 1. The molecule has 3 aromatic carbocycles. The van der Waals surface area contributed by atoms with E-state index in [1.165, 1.54) is 22.3 Å². The highest BCUT2D eigenvalue weighted by Crippen LogP contribution is 2.46. The molecule has 3 aromatic rings. The first-order valence-electron chi connectivity index (χ1n) is 14.0. The first kappa shape index (κ1) is 26.2. The number of hydrogen-bond acceptors (Lipinski definition) is 3. The zero-order chi connectivity index (χ0) is 26.5. The van der Waals surface area contributed by atoms with E-state index in [0.717, 1.165) is 38.9 Å². The van der Waals surface area contributed by atoms with Gasteiger partial charge in [-0.1, -0.05) is 97.1 Å². The highest BCUT2D eigenvalue weighted by Gasteiger charge is 2.48. The van der Waals surface area contributed by atoms with E-state index in [-0.39, 0.29) is 18.2 Å². The van der Waals surface area contributed by atoms with Crippen LogP contribution in [-0.4, -0.2) is 46.7 Å². The molecular formula is C34H40N2O2. The summed E-state index contributed by atoms with van der Waals surface area (Å²) in [7, 11) is 0. The zero-order valence-corrected chi connectivity index (χ0v) is 22.9. The van der Waals surface area contributed by atoms with Crippen LogP contribution in [-0.2, 0) is 11.3 Å². The largest absolute Gasteiger partial charge is 0.444 e. The number of carbonyl (C=O) groups is 1. The molecule has 1 aliphatic carbocycles. The second-order valence-electron chi connectivity index (χ2n) is 11.7. The molecule has 1 saturated heterocycles. The fourth-order valence-corrected chi connectivity index (χ4v) is 5.58. The second-order valence-corrected chi connectivity index (χ2v) is 11.7. The molecule has 5 rings (SSSR count). The van der Waals surface area contributed by atoms with E-state index in [4.69, 9.17) is 4.74 Å². The molecule has 1 saturated carbocycles. The van der Waals surface area contributed by atoms with Crippen LogP contribution in [0, 0.1) is 0 Å². The molecular weight excluding hydrogens is 468 g/mol. The Morgan fingerprint density at radius 1 is 0.895 bits per heavy atom. The van der Waals surface area contributed by atoms with Crippen LogP contribution in [0.4, 0.5) is 4.79 Å². The van der Waals surface area contributed by atoms with Gasteiger partial charge in [0.25, 0.3) is 0 Å². The van der Waals surface area contributed by atoms with Crippen LogP contribution in [0.5, 0.6) is 0 Å². The Kier molecular flexibility index (Phi) is 7.99. The fourth-order valence-electron chi connectivity index (χ4n) is 5.58. The van der Waals surface area contributed by atoms with E-state index < -0.39 is 5.60 Å². The summed E-state index contributed by atoms with van der Waals surface area (Å²) in [5.41, 5.74) is 4.59. The third kappa shape index (κ3) is 6.93. The Labute approximate surface area is 227 Å². The SMILES string of the molecule is CC(C)(C)OC(=O)N(C1CCN(Cc2cccc(/C=C/c3ccccc3)c2)CC1)[C@@H]1C[C@H]1c1ccccc1. The maximum absolute atomic E-state index is 13.4. The smallest absolute Gasteiger partial charge is 0.410 e. The van der Waals surface area contributed by atoms with Crippen molar-refractivity contribution in [3.8, 4) is 0 Å². The summed E-state index contributed by atoms with van der Waals surface area (Å²) in [4.78, 5) is 18.0. The summed E-state index contributed by atoms with van der Waals surface area (Å²) < 4.78 is 5.90. The molecule has 1 aliphatic heterocycles. The Bertz CT molecular complexity index is 1220. The molecule has 0 aromatic heterocycles. The number of amides is 1. The third-order valence-electron chi connectivity index (χ3n) is 7.52. The topological polar surface area (TPSA) is 32.8 Å². The standard InChI is InChI=1S/C34H40N2O2/c1-34(2,3)38-33(37)36(32-24-31(32)29-15-8-5-9-16-29)30-19-21-35(22-20-30)25-28-14-10-13-27(23-28)18-17-26-11-6-4-7-12-26/h4-18,23,30-32H,19-22,24-25H2,1-3H3/b18-17+/t31-,32+/m0/s1. The van der Waals surface area contributed by atoms with Crippen molar-refractivity contribution in [1.82, 2.24) is 9.80 Å². The van der Waals surface area contributed by atoms with Gasteiger partial charge in [0.1, 0.15) is 5.60 Å². The third-order valence-corrected chi connectivity index (χ3v) is 7.52. The Balaban J connectivity index is 1.21. The monoisotopic (exact) mass is 508 g/mol. The molecule has 198 valence electrons. The molecule has 0 radical (unpaired) electrons. The summed E-state index contributed by atoms with van der Waals surface area (Å²) in [6.45, 7) is 8.76. The van der Waals surface area contributed by atoms with Crippen LogP contribution < -0.4 is 0 Å². The number of rotatable bonds is 7. The molecule has 1 amide bonds. The van der Waals surface area contributed by atoms with Crippen molar-refractivity contribution in [2.45, 2.75) is 70.2 Å².